The molecular formula is C12H13ClN4O. The molecule has 1 atom stereocenters. The summed E-state index contributed by atoms with van der Waals surface area (Å²) in [5.74, 6) is 0.502. The predicted octanol–water partition coefficient (Wildman–Crippen LogP) is 2.21. The molecule has 2 heterocycles. The molecule has 6 heteroatoms. The van der Waals surface area contributed by atoms with Crippen LogP contribution in [0.1, 0.15) is 12.5 Å². The Morgan fingerprint density at radius 1 is 1.28 bits per heavy atom. The summed E-state index contributed by atoms with van der Waals surface area (Å²) in [6.07, 6.45) is 7.21. The summed E-state index contributed by atoms with van der Waals surface area (Å²) in [5, 5.41) is 0.501. The Balaban J connectivity index is 2.06. The van der Waals surface area contributed by atoms with Crippen molar-refractivity contribution in [2.24, 2.45) is 5.73 Å². The zero-order valence-corrected chi connectivity index (χ0v) is 10.6. The molecule has 0 bridgehead atoms. The van der Waals surface area contributed by atoms with Crippen molar-refractivity contribution < 1.29 is 4.74 Å². The Morgan fingerprint density at radius 3 is 2.61 bits per heavy atom. The lowest BCUT2D eigenvalue weighted by Crippen LogP contribution is -2.17. The van der Waals surface area contributed by atoms with Crippen molar-refractivity contribution in [3.05, 3.63) is 41.4 Å². The first-order valence-corrected chi connectivity index (χ1v) is 5.86. The van der Waals surface area contributed by atoms with Gasteiger partial charge in [0.25, 0.3) is 0 Å². The minimum atomic E-state index is 0.0810. The van der Waals surface area contributed by atoms with Crippen molar-refractivity contribution in [3.8, 4) is 11.8 Å². The SMILES string of the molecule is CC(N)Cc1cnc(Oc2cncc(Cl)c2)nc1. The third-order valence-corrected chi connectivity index (χ3v) is 2.33. The summed E-state index contributed by atoms with van der Waals surface area (Å²) >= 11 is 5.80. The summed E-state index contributed by atoms with van der Waals surface area (Å²) < 4.78 is 5.42. The lowest BCUT2D eigenvalue weighted by molar-refractivity contribution is 0.439. The predicted molar refractivity (Wildman–Crippen MR) is 68.7 cm³/mol. The molecule has 18 heavy (non-hydrogen) atoms. The summed E-state index contributed by atoms with van der Waals surface area (Å²) in [7, 11) is 0. The highest BCUT2D eigenvalue weighted by Crippen LogP contribution is 2.19. The molecule has 0 aromatic carbocycles. The van der Waals surface area contributed by atoms with E-state index in [4.69, 9.17) is 22.1 Å². The van der Waals surface area contributed by atoms with E-state index in [-0.39, 0.29) is 12.1 Å². The van der Waals surface area contributed by atoms with Gasteiger partial charge in [0.1, 0.15) is 0 Å². The van der Waals surface area contributed by atoms with Gasteiger partial charge in [0.2, 0.25) is 0 Å². The molecule has 1 unspecified atom stereocenters. The number of ether oxygens (including phenoxy) is 1. The van der Waals surface area contributed by atoms with Crippen molar-refractivity contribution >= 4 is 11.6 Å². The van der Waals surface area contributed by atoms with E-state index < -0.39 is 0 Å². The van der Waals surface area contributed by atoms with E-state index in [1.165, 1.54) is 6.20 Å². The molecule has 2 aromatic heterocycles. The molecule has 0 spiro atoms. The third-order valence-electron chi connectivity index (χ3n) is 2.13. The number of nitrogens with two attached hydrogens (primary N) is 1. The Hall–Kier alpha value is -1.72. The van der Waals surface area contributed by atoms with Gasteiger partial charge in [-0.15, -0.1) is 0 Å². The van der Waals surface area contributed by atoms with Gasteiger partial charge >= 0.3 is 6.01 Å². The molecule has 0 saturated heterocycles. The van der Waals surface area contributed by atoms with Gasteiger partial charge in [0.05, 0.1) is 11.2 Å². The molecular weight excluding hydrogens is 252 g/mol. The van der Waals surface area contributed by atoms with Gasteiger partial charge in [-0.2, -0.15) is 0 Å². The van der Waals surface area contributed by atoms with Crippen molar-refractivity contribution in [1.82, 2.24) is 15.0 Å². The van der Waals surface area contributed by atoms with Crippen LogP contribution in [-0.2, 0) is 6.42 Å². The molecule has 2 N–H and O–H groups in total. The largest absolute Gasteiger partial charge is 0.423 e. The van der Waals surface area contributed by atoms with Crippen molar-refractivity contribution in [3.63, 3.8) is 0 Å². The Bertz CT molecular complexity index is 516. The number of nitrogens with zero attached hydrogens (tertiary/aromatic N) is 3. The van der Waals surface area contributed by atoms with Crippen LogP contribution in [0, 0.1) is 0 Å². The zero-order chi connectivity index (χ0) is 13.0. The van der Waals surface area contributed by atoms with Crippen LogP contribution in [0.5, 0.6) is 11.8 Å². The summed E-state index contributed by atoms with van der Waals surface area (Å²) in [4.78, 5) is 12.1. The molecule has 0 aliphatic rings. The number of rotatable bonds is 4. The summed E-state index contributed by atoms with van der Waals surface area (Å²) in [6, 6.07) is 1.98. The van der Waals surface area contributed by atoms with Crippen LogP contribution in [0.15, 0.2) is 30.9 Å². The van der Waals surface area contributed by atoms with E-state index in [2.05, 4.69) is 15.0 Å². The van der Waals surface area contributed by atoms with Gasteiger partial charge in [-0.3, -0.25) is 4.98 Å². The number of hydrogen-bond acceptors (Lipinski definition) is 5. The maximum Gasteiger partial charge on any atom is 0.321 e. The van der Waals surface area contributed by atoms with Crippen LogP contribution in [0.3, 0.4) is 0 Å². The summed E-state index contributed by atoms with van der Waals surface area (Å²) in [5.41, 5.74) is 6.67. The quantitative estimate of drug-likeness (QED) is 0.916. The van der Waals surface area contributed by atoms with E-state index in [1.54, 1.807) is 24.7 Å². The first-order valence-electron chi connectivity index (χ1n) is 5.48. The van der Waals surface area contributed by atoms with Crippen LogP contribution in [0.2, 0.25) is 5.02 Å². The van der Waals surface area contributed by atoms with Crippen LogP contribution in [0.25, 0.3) is 0 Å². The van der Waals surface area contributed by atoms with Crippen molar-refractivity contribution in [2.45, 2.75) is 19.4 Å². The van der Waals surface area contributed by atoms with E-state index in [1.807, 2.05) is 6.92 Å². The van der Waals surface area contributed by atoms with Crippen LogP contribution in [0.4, 0.5) is 0 Å². The van der Waals surface area contributed by atoms with E-state index in [9.17, 15) is 0 Å². The molecule has 0 amide bonds. The minimum absolute atomic E-state index is 0.0810. The van der Waals surface area contributed by atoms with Gasteiger partial charge in [-0.1, -0.05) is 11.6 Å². The molecule has 2 aromatic rings. The van der Waals surface area contributed by atoms with Crippen molar-refractivity contribution in [2.75, 3.05) is 0 Å². The van der Waals surface area contributed by atoms with Crippen LogP contribution < -0.4 is 10.5 Å². The van der Waals surface area contributed by atoms with Gasteiger partial charge in [-0.25, -0.2) is 9.97 Å². The van der Waals surface area contributed by atoms with E-state index >= 15 is 0 Å². The Kier molecular flexibility index (Phi) is 4.07. The second-order valence-electron chi connectivity index (χ2n) is 4.00. The average molecular weight is 265 g/mol. The highest BCUT2D eigenvalue weighted by Gasteiger charge is 2.03. The van der Waals surface area contributed by atoms with Gasteiger partial charge in [0.15, 0.2) is 5.75 Å². The highest BCUT2D eigenvalue weighted by atomic mass is 35.5. The third kappa shape index (κ3) is 3.65. The minimum Gasteiger partial charge on any atom is -0.423 e. The maximum atomic E-state index is 5.80. The molecule has 0 saturated carbocycles. The first-order chi connectivity index (χ1) is 8.63. The van der Waals surface area contributed by atoms with Gasteiger partial charge in [-0.05, 0) is 18.9 Å². The fraction of sp³-hybridized carbons (Fsp3) is 0.250. The Morgan fingerprint density at radius 2 is 2.00 bits per heavy atom. The molecule has 0 fully saturated rings. The molecule has 2 rings (SSSR count). The molecule has 0 aliphatic carbocycles. The van der Waals surface area contributed by atoms with Crippen molar-refractivity contribution in [1.29, 1.82) is 0 Å². The number of aromatic nitrogens is 3. The smallest absolute Gasteiger partial charge is 0.321 e. The molecule has 5 nitrogen and oxygen atoms in total. The topological polar surface area (TPSA) is 73.9 Å². The van der Waals surface area contributed by atoms with Gasteiger partial charge in [0, 0.05) is 30.7 Å². The average Bonchev–Trinajstić information content (AvgIpc) is 2.31. The fourth-order valence-electron chi connectivity index (χ4n) is 1.43. The molecule has 94 valence electrons. The number of pyridine rings is 1. The number of hydrogen-bond donors (Lipinski definition) is 1. The number of halogens is 1. The Labute approximate surface area is 110 Å². The zero-order valence-electron chi connectivity index (χ0n) is 9.88. The van der Waals surface area contributed by atoms with Gasteiger partial charge < -0.3 is 10.5 Å². The lowest BCUT2D eigenvalue weighted by Gasteiger charge is -2.06. The fourth-order valence-corrected chi connectivity index (χ4v) is 1.59. The second kappa shape index (κ2) is 5.75. The normalized spacial score (nSPS) is 12.2. The molecule has 0 aliphatic heterocycles. The van der Waals surface area contributed by atoms with Crippen LogP contribution in [-0.4, -0.2) is 21.0 Å². The summed E-state index contributed by atoms with van der Waals surface area (Å²) in [6.45, 7) is 1.93. The standard InChI is InChI=1S/C12H13ClN4O/c1-8(14)2-9-4-16-12(17-5-9)18-11-3-10(13)6-15-7-11/h3-8H,2,14H2,1H3. The van der Waals surface area contributed by atoms with E-state index in [0.29, 0.717) is 10.8 Å². The van der Waals surface area contributed by atoms with Crippen LogP contribution >= 0.6 is 11.6 Å². The lowest BCUT2D eigenvalue weighted by atomic mass is 10.1. The highest BCUT2D eigenvalue weighted by molar-refractivity contribution is 6.30. The second-order valence-corrected chi connectivity index (χ2v) is 4.43. The maximum absolute atomic E-state index is 5.80. The van der Waals surface area contributed by atoms with E-state index in [0.717, 1.165) is 12.0 Å². The molecule has 0 radical (unpaired) electrons. The first kappa shape index (κ1) is 12.7. The monoisotopic (exact) mass is 264 g/mol.